The Hall–Kier alpha value is -2.46. The van der Waals surface area contributed by atoms with Gasteiger partial charge in [-0.15, -0.1) is 0 Å². The second kappa shape index (κ2) is 8.86. The lowest BCUT2D eigenvalue weighted by atomic mass is 10.1. The van der Waals surface area contributed by atoms with Crippen LogP contribution in [0, 0.1) is 0 Å². The molecule has 1 fully saturated rings. The second-order valence-corrected chi connectivity index (χ2v) is 5.51. The summed E-state index contributed by atoms with van der Waals surface area (Å²) in [5.41, 5.74) is 2.26. The molecule has 0 aliphatic carbocycles. The zero-order chi connectivity index (χ0) is 16.5. The number of nitrogens with zero attached hydrogens (tertiary/aromatic N) is 2. The van der Waals surface area contributed by atoms with Crippen molar-refractivity contribution in [2.75, 3.05) is 13.6 Å². The fourth-order valence-corrected chi connectivity index (χ4v) is 2.64. The van der Waals surface area contributed by atoms with Crippen LogP contribution in [0.5, 0.6) is 0 Å². The van der Waals surface area contributed by atoms with Crippen LogP contribution in [0.2, 0.25) is 0 Å². The second-order valence-electron chi connectivity index (χ2n) is 5.51. The van der Waals surface area contributed by atoms with E-state index >= 15 is 0 Å². The molecule has 23 heavy (non-hydrogen) atoms. The summed E-state index contributed by atoms with van der Waals surface area (Å²) in [5.74, 6) is -0.922. The summed E-state index contributed by atoms with van der Waals surface area (Å²) >= 11 is 0. The van der Waals surface area contributed by atoms with Crippen LogP contribution in [0.3, 0.4) is 0 Å². The van der Waals surface area contributed by atoms with Crippen LogP contribution in [0.15, 0.2) is 60.9 Å². The largest absolute Gasteiger partial charge is 0.478 e. The average Bonchev–Trinajstić information content (AvgIpc) is 3.01. The van der Waals surface area contributed by atoms with Gasteiger partial charge in [0, 0.05) is 24.5 Å². The summed E-state index contributed by atoms with van der Waals surface area (Å²) < 4.78 is 0. The quantitative estimate of drug-likeness (QED) is 0.880. The van der Waals surface area contributed by atoms with Crippen molar-refractivity contribution in [2.24, 2.45) is 0 Å². The summed E-state index contributed by atoms with van der Waals surface area (Å²) in [7, 11) is 2.19. The SMILES string of the molecule is CN1CCCC1c1cccnc1.O=C(O)/C=C/c1ccccc1. The van der Waals surface area contributed by atoms with Crippen molar-refractivity contribution >= 4 is 12.0 Å². The van der Waals surface area contributed by atoms with E-state index in [4.69, 9.17) is 5.11 Å². The Labute approximate surface area is 137 Å². The predicted octanol–water partition coefficient (Wildman–Crippen LogP) is 3.63. The molecule has 0 spiro atoms. The molecule has 1 saturated heterocycles. The average molecular weight is 310 g/mol. The number of carbonyl (C=O) groups is 1. The maximum atomic E-state index is 10.1. The number of benzene rings is 1. The predicted molar refractivity (Wildman–Crippen MR) is 92.0 cm³/mol. The minimum Gasteiger partial charge on any atom is -0.478 e. The first-order valence-corrected chi connectivity index (χ1v) is 7.73. The van der Waals surface area contributed by atoms with Gasteiger partial charge in [0.1, 0.15) is 0 Å². The van der Waals surface area contributed by atoms with Crippen LogP contribution in [0.1, 0.15) is 30.0 Å². The molecule has 1 aliphatic heterocycles. The highest BCUT2D eigenvalue weighted by molar-refractivity contribution is 5.85. The van der Waals surface area contributed by atoms with Gasteiger partial charge in [-0.1, -0.05) is 36.4 Å². The third-order valence-electron chi connectivity index (χ3n) is 3.81. The van der Waals surface area contributed by atoms with Crippen molar-refractivity contribution in [2.45, 2.75) is 18.9 Å². The molecule has 120 valence electrons. The molecule has 1 unspecified atom stereocenters. The van der Waals surface area contributed by atoms with Crippen LogP contribution in [-0.2, 0) is 4.79 Å². The topological polar surface area (TPSA) is 53.4 Å². The van der Waals surface area contributed by atoms with E-state index < -0.39 is 5.97 Å². The molecule has 0 amide bonds. The molecule has 1 aliphatic rings. The molecule has 4 heteroatoms. The molecule has 0 radical (unpaired) electrons. The van der Waals surface area contributed by atoms with Crippen molar-refractivity contribution in [3.8, 4) is 0 Å². The normalized spacial score (nSPS) is 17.7. The van der Waals surface area contributed by atoms with Crippen molar-refractivity contribution in [1.82, 2.24) is 9.88 Å². The van der Waals surface area contributed by atoms with Gasteiger partial charge >= 0.3 is 5.97 Å². The molecular formula is C19H22N2O2. The van der Waals surface area contributed by atoms with E-state index in [1.54, 1.807) is 6.08 Å². The van der Waals surface area contributed by atoms with Gasteiger partial charge in [-0.25, -0.2) is 4.79 Å². The number of hydrogen-bond acceptors (Lipinski definition) is 3. The molecule has 4 nitrogen and oxygen atoms in total. The van der Waals surface area contributed by atoms with Crippen molar-refractivity contribution in [1.29, 1.82) is 0 Å². The van der Waals surface area contributed by atoms with Crippen LogP contribution in [0.4, 0.5) is 0 Å². The summed E-state index contributed by atoms with van der Waals surface area (Å²) in [4.78, 5) is 16.6. The third-order valence-corrected chi connectivity index (χ3v) is 3.81. The van der Waals surface area contributed by atoms with Crippen LogP contribution < -0.4 is 0 Å². The summed E-state index contributed by atoms with van der Waals surface area (Å²) in [6.07, 6.45) is 9.08. The Bertz CT molecular complexity index is 626. The summed E-state index contributed by atoms with van der Waals surface area (Å²) in [5, 5.41) is 8.29. The highest BCUT2D eigenvalue weighted by Crippen LogP contribution is 2.29. The first-order valence-electron chi connectivity index (χ1n) is 7.73. The van der Waals surface area contributed by atoms with Gasteiger partial charge in [0.2, 0.25) is 0 Å². The number of aliphatic carboxylic acids is 1. The van der Waals surface area contributed by atoms with E-state index in [1.165, 1.54) is 24.9 Å². The highest BCUT2D eigenvalue weighted by atomic mass is 16.4. The minimum atomic E-state index is -0.922. The highest BCUT2D eigenvalue weighted by Gasteiger charge is 2.21. The van der Waals surface area contributed by atoms with Crippen molar-refractivity contribution < 1.29 is 9.90 Å². The van der Waals surface area contributed by atoms with E-state index in [-0.39, 0.29) is 0 Å². The van der Waals surface area contributed by atoms with Crippen molar-refractivity contribution in [3.05, 3.63) is 72.1 Å². The summed E-state index contributed by atoms with van der Waals surface area (Å²) in [6, 6.07) is 14.1. The smallest absolute Gasteiger partial charge is 0.328 e. The fraction of sp³-hybridized carbons (Fsp3) is 0.263. The number of likely N-dealkylation sites (tertiary alicyclic amines) is 1. The number of carboxylic acid groups (broad SMARTS) is 1. The molecule has 3 rings (SSSR count). The zero-order valence-electron chi connectivity index (χ0n) is 13.3. The zero-order valence-corrected chi connectivity index (χ0v) is 13.3. The number of pyridine rings is 1. The Morgan fingerprint density at radius 1 is 1.26 bits per heavy atom. The molecule has 1 atom stereocenters. The van der Waals surface area contributed by atoms with E-state index in [0.717, 1.165) is 11.6 Å². The van der Waals surface area contributed by atoms with E-state index in [9.17, 15) is 4.79 Å². The van der Waals surface area contributed by atoms with Crippen molar-refractivity contribution in [3.63, 3.8) is 0 Å². The maximum Gasteiger partial charge on any atom is 0.328 e. The van der Waals surface area contributed by atoms with Crippen LogP contribution >= 0.6 is 0 Å². The van der Waals surface area contributed by atoms with Gasteiger partial charge in [-0.05, 0) is 49.7 Å². The number of hydrogen-bond donors (Lipinski definition) is 1. The minimum absolute atomic E-state index is 0.610. The van der Waals surface area contributed by atoms with Gasteiger partial charge in [0.05, 0.1) is 0 Å². The van der Waals surface area contributed by atoms with E-state index in [1.807, 2.05) is 48.8 Å². The van der Waals surface area contributed by atoms with Gasteiger partial charge in [-0.3, -0.25) is 9.88 Å². The van der Waals surface area contributed by atoms with Crippen LogP contribution in [-0.4, -0.2) is 34.6 Å². The molecule has 2 heterocycles. The fourth-order valence-electron chi connectivity index (χ4n) is 2.64. The Morgan fingerprint density at radius 2 is 2.04 bits per heavy atom. The number of rotatable bonds is 3. The molecule has 0 saturated carbocycles. The molecule has 2 aromatic rings. The molecule has 1 aromatic carbocycles. The lowest BCUT2D eigenvalue weighted by Crippen LogP contribution is -2.17. The monoisotopic (exact) mass is 310 g/mol. The Balaban J connectivity index is 0.000000168. The standard InChI is InChI=1S/C10H14N2.C9H8O2/c1-12-7-3-5-10(12)9-4-2-6-11-8-9;10-9(11)7-6-8-4-2-1-3-5-8/h2,4,6,8,10H,3,5,7H2,1H3;1-7H,(H,10,11)/b;7-6+. The first kappa shape index (κ1) is 16.9. The van der Waals surface area contributed by atoms with E-state index in [2.05, 4.69) is 23.0 Å². The van der Waals surface area contributed by atoms with Gasteiger partial charge in [-0.2, -0.15) is 0 Å². The molecule has 1 aromatic heterocycles. The molecule has 1 N–H and O–H groups in total. The van der Waals surface area contributed by atoms with Gasteiger partial charge in [0.15, 0.2) is 0 Å². The molecule has 0 bridgehead atoms. The summed E-state index contributed by atoms with van der Waals surface area (Å²) in [6.45, 7) is 1.22. The maximum absolute atomic E-state index is 10.1. The van der Waals surface area contributed by atoms with Gasteiger partial charge < -0.3 is 5.11 Å². The Kier molecular flexibility index (Phi) is 6.51. The third kappa shape index (κ3) is 5.68. The van der Waals surface area contributed by atoms with Crippen LogP contribution in [0.25, 0.3) is 6.08 Å². The Morgan fingerprint density at radius 3 is 2.61 bits per heavy atom. The lowest BCUT2D eigenvalue weighted by molar-refractivity contribution is -0.131. The molecular weight excluding hydrogens is 288 g/mol. The number of aromatic nitrogens is 1. The lowest BCUT2D eigenvalue weighted by Gasteiger charge is -2.18. The van der Waals surface area contributed by atoms with Gasteiger partial charge in [0.25, 0.3) is 0 Å². The van der Waals surface area contributed by atoms with E-state index in [0.29, 0.717) is 6.04 Å². The first-order chi connectivity index (χ1) is 11.2. The number of carboxylic acids is 1.